The van der Waals surface area contributed by atoms with Gasteiger partial charge in [-0.1, -0.05) is 20.3 Å². The van der Waals surface area contributed by atoms with Crippen molar-refractivity contribution in [3.05, 3.63) is 0 Å². The van der Waals surface area contributed by atoms with Crippen molar-refractivity contribution in [2.45, 2.75) is 52.6 Å². The van der Waals surface area contributed by atoms with E-state index < -0.39 is 10.0 Å². The molecule has 0 aliphatic carbocycles. The largest absolute Gasteiger partial charge is 0.375 e. The fourth-order valence-corrected chi connectivity index (χ4v) is 2.32. The lowest BCUT2D eigenvalue weighted by Gasteiger charge is -2.26. The third-order valence-electron chi connectivity index (χ3n) is 2.73. The van der Waals surface area contributed by atoms with E-state index in [0.29, 0.717) is 6.61 Å². The molecule has 1 atom stereocenters. The van der Waals surface area contributed by atoms with Gasteiger partial charge in [-0.25, -0.2) is 13.6 Å². The van der Waals surface area contributed by atoms with Crippen LogP contribution in [0.25, 0.3) is 0 Å². The highest BCUT2D eigenvalue weighted by Crippen LogP contribution is 2.17. The van der Waals surface area contributed by atoms with Crippen LogP contribution in [0.1, 0.15) is 47.0 Å². The number of rotatable bonds is 8. The van der Waals surface area contributed by atoms with Crippen molar-refractivity contribution in [1.82, 2.24) is 0 Å². The Bertz CT molecular complexity index is 286. The van der Waals surface area contributed by atoms with Crippen LogP contribution in [0.2, 0.25) is 0 Å². The monoisotopic (exact) mass is 251 g/mol. The lowest BCUT2D eigenvalue weighted by molar-refractivity contribution is -0.0357. The molecule has 98 valence electrons. The summed E-state index contributed by atoms with van der Waals surface area (Å²) in [6, 6.07) is 0. The molecule has 0 aromatic carbocycles. The number of primary sulfonamides is 1. The van der Waals surface area contributed by atoms with E-state index in [-0.39, 0.29) is 17.3 Å². The average Bonchev–Trinajstić information content (AvgIpc) is 2.13. The number of hydrogen-bond donors (Lipinski definition) is 1. The molecule has 0 bridgehead atoms. The first-order valence-electron chi connectivity index (χ1n) is 5.84. The number of hydrogen-bond acceptors (Lipinski definition) is 3. The molecule has 1 unspecified atom stereocenters. The summed E-state index contributed by atoms with van der Waals surface area (Å²) >= 11 is 0. The molecular formula is C11H25NO3S. The SMILES string of the molecule is CCCC(COC(C)(C)CC)CS(N)(=O)=O. The summed E-state index contributed by atoms with van der Waals surface area (Å²) in [5.74, 6) is 0.0199. The summed E-state index contributed by atoms with van der Waals surface area (Å²) in [5.41, 5.74) is -0.190. The predicted molar refractivity (Wildman–Crippen MR) is 66.7 cm³/mol. The molecule has 0 fully saturated rings. The van der Waals surface area contributed by atoms with Crippen molar-refractivity contribution in [3.8, 4) is 0 Å². The Kier molecular flexibility index (Phi) is 6.51. The van der Waals surface area contributed by atoms with E-state index in [1.165, 1.54) is 0 Å². The maximum absolute atomic E-state index is 11.0. The van der Waals surface area contributed by atoms with Gasteiger partial charge in [-0.05, 0) is 32.6 Å². The van der Waals surface area contributed by atoms with E-state index in [4.69, 9.17) is 9.88 Å². The van der Waals surface area contributed by atoms with Crippen LogP contribution in [0, 0.1) is 5.92 Å². The predicted octanol–water partition coefficient (Wildman–Crippen LogP) is 1.90. The van der Waals surface area contributed by atoms with Crippen molar-refractivity contribution in [3.63, 3.8) is 0 Å². The quantitative estimate of drug-likeness (QED) is 0.716. The summed E-state index contributed by atoms with van der Waals surface area (Å²) in [4.78, 5) is 0. The third-order valence-corrected chi connectivity index (χ3v) is 3.66. The Morgan fingerprint density at radius 3 is 2.25 bits per heavy atom. The molecular weight excluding hydrogens is 226 g/mol. The molecule has 0 spiro atoms. The second-order valence-corrected chi connectivity index (χ2v) is 6.57. The molecule has 0 heterocycles. The van der Waals surface area contributed by atoms with Crippen LogP contribution in [0.15, 0.2) is 0 Å². The van der Waals surface area contributed by atoms with E-state index in [1.54, 1.807) is 0 Å². The molecule has 0 aliphatic rings. The van der Waals surface area contributed by atoms with Crippen LogP contribution in [-0.2, 0) is 14.8 Å². The first-order chi connectivity index (χ1) is 7.20. The van der Waals surface area contributed by atoms with Gasteiger partial charge in [-0.3, -0.25) is 0 Å². The van der Waals surface area contributed by atoms with Gasteiger partial charge in [-0.15, -0.1) is 0 Å². The summed E-state index contributed by atoms with van der Waals surface area (Å²) < 4.78 is 27.8. The van der Waals surface area contributed by atoms with Crippen molar-refractivity contribution in [1.29, 1.82) is 0 Å². The number of sulfonamides is 1. The minimum absolute atomic E-state index is 0.00539. The molecule has 5 heteroatoms. The van der Waals surface area contributed by atoms with E-state index in [2.05, 4.69) is 6.92 Å². The molecule has 0 aromatic heterocycles. The zero-order valence-corrected chi connectivity index (χ0v) is 11.6. The van der Waals surface area contributed by atoms with E-state index in [9.17, 15) is 8.42 Å². The molecule has 0 amide bonds. The zero-order valence-electron chi connectivity index (χ0n) is 10.8. The highest BCUT2D eigenvalue weighted by atomic mass is 32.2. The van der Waals surface area contributed by atoms with Gasteiger partial charge in [0.25, 0.3) is 0 Å². The van der Waals surface area contributed by atoms with Gasteiger partial charge in [0.2, 0.25) is 10.0 Å². The summed E-state index contributed by atoms with van der Waals surface area (Å²) in [6.07, 6.45) is 2.67. The maximum Gasteiger partial charge on any atom is 0.209 e. The zero-order chi connectivity index (χ0) is 12.8. The number of nitrogens with two attached hydrogens (primary N) is 1. The van der Waals surface area contributed by atoms with E-state index in [0.717, 1.165) is 19.3 Å². The summed E-state index contributed by atoms with van der Waals surface area (Å²) in [5, 5.41) is 5.06. The fraction of sp³-hybridized carbons (Fsp3) is 1.00. The molecule has 2 N–H and O–H groups in total. The molecule has 0 saturated heterocycles. The molecule has 4 nitrogen and oxygen atoms in total. The van der Waals surface area contributed by atoms with Crippen LogP contribution in [0.5, 0.6) is 0 Å². The normalized spacial score (nSPS) is 15.1. The highest BCUT2D eigenvalue weighted by molar-refractivity contribution is 7.89. The third kappa shape index (κ3) is 8.07. The van der Waals surface area contributed by atoms with Crippen LogP contribution in [0.4, 0.5) is 0 Å². The lowest BCUT2D eigenvalue weighted by atomic mass is 10.0. The van der Waals surface area contributed by atoms with E-state index >= 15 is 0 Å². The van der Waals surface area contributed by atoms with Gasteiger partial charge in [0.15, 0.2) is 0 Å². The minimum Gasteiger partial charge on any atom is -0.375 e. The Morgan fingerprint density at radius 2 is 1.88 bits per heavy atom. The van der Waals surface area contributed by atoms with Crippen molar-refractivity contribution in [2.75, 3.05) is 12.4 Å². The number of ether oxygens (including phenoxy) is 1. The van der Waals surface area contributed by atoms with Crippen LogP contribution in [-0.4, -0.2) is 26.4 Å². The molecule has 0 saturated carbocycles. The first kappa shape index (κ1) is 15.9. The smallest absolute Gasteiger partial charge is 0.209 e. The van der Waals surface area contributed by atoms with Gasteiger partial charge in [0.1, 0.15) is 0 Å². The average molecular weight is 251 g/mol. The summed E-state index contributed by atoms with van der Waals surface area (Å²) in [7, 11) is -3.40. The topological polar surface area (TPSA) is 69.4 Å². The van der Waals surface area contributed by atoms with Crippen LogP contribution >= 0.6 is 0 Å². The first-order valence-corrected chi connectivity index (χ1v) is 7.56. The van der Waals surface area contributed by atoms with E-state index in [1.807, 2.05) is 20.8 Å². The highest BCUT2D eigenvalue weighted by Gasteiger charge is 2.20. The van der Waals surface area contributed by atoms with Crippen LogP contribution in [0.3, 0.4) is 0 Å². The lowest BCUT2D eigenvalue weighted by Crippen LogP contribution is -2.31. The van der Waals surface area contributed by atoms with Gasteiger partial charge in [-0.2, -0.15) is 0 Å². The Morgan fingerprint density at radius 1 is 1.31 bits per heavy atom. The minimum atomic E-state index is -3.40. The second-order valence-electron chi connectivity index (χ2n) is 4.91. The Balaban J connectivity index is 4.24. The fourth-order valence-electron chi connectivity index (χ4n) is 1.40. The molecule has 0 rings (SSSR count). The Labute approximate surface area is 99.6 Å². The van der Waals surface area contributed by atoms with Crippen LogP contribution < -0.4 is 5.14 Å². The van der Waals surface area contributed by atoms with Crippen molar-refractivity contribution >= 4 is 10.0 Å². The van der Waals surface area contributed by atoms with Crippen molar-refractivity contribution < 1.29 is 13.2 Å². The standard InChI is InChI=1S/C11H25NO3S/c1-5-7-10(9-16(12,13)14)8-15-11(3,4)6-2/h10H,5-9H2,1-4H3,(H2,12,13,14). The second kappa shape index (κ2) is 6.57. The van der Waals surface area contributed by atoms with Gasteiger partial charge >= 0.3 is 0 Å². The maximum atomic E-state index is 11.0. The molecule has 16 heavy (non-hydrogen) atoms. The molecule has 0 aromatic rings. The Hall–Kier alpha value is -0.130. The van der Waals surface area contributed by atoms with Gasteiger partial charge in [0.05, 0.1) is 18.0 Å². The summed E-state index contributed by atoms with van der Waals surface area (Å²) in [6.45, 7) is 8.56. The van der Waals surface area contributed by atoms with Gasteiger partial charge < -0.3 is 4.74 Å². The molecule has 0 radical (unpaired) electrons. The van der Waals surface area contributed by atoms with Gasteiger partial charge in [0, 0.05) is 0 Å². The molecule has 0 aliphatic heterocycles. The van der Waals surface area contributed by atoms with Crippen molar-refractivity contribution in [2.24, 2.45) is 11.1 Å².